The minimum atomic E-state index is 0.880. The monoisotopic (exact) mass is 488 g/mol. The average molecular weight is 489 g/mol. The van der Waals surface area contributed by atoms with Crippen molar-refractivity contribution in [1.82, 2.24) is 9.55 Å². The Hall–Kier alpha value is -4.89. The molecule has 0 fully saturated rings. The Bertz CT molecular complexity index is 2050. The van der Waals surface area contributed by atoms with Crippen molar-refractivity contribution in [3.63, 3.8) is 0 Å². The maximum Gasteiger partial charge on any atom is 0.135 e. The van der Waals surface area contributed by atoms with E-state index in [0.717, 1.165) is 46.0 Å². The SMILES string of the molecule is CCc1nc2ccccc2n1-c1ccc2cc(-c3ccc4c5c(cccc35)-c3ccccc3O4)ccc2c1. The van der Waals surface area contributed by atoms with Gasteiger partial charge in [-0.2, -0.15) is 0 Å². The molecular formula is C35H24N2O. The number of rotatable bonds is 3. The lowest BCUT2D eigenvalue weighted by Crippen LogP contribution is -2.00. The topological polar surface area (TPSA) is 27.1 Å². The van der Waals surface area contributed by atoms with Gasteiger partial charge in [0.1, 0.15) is 17.3 Å². The van der Waals surface area contributed by atoms with Crippen molar-refractivity contribution in [2.75, 3.05) is 0 Å². The van der Waals surface area contributed by atoms with Crippen LogP contribution in [0.25, 0.3) is 60.5 Å². The molecule has 0 radical (unpaired) electrons. The normalized spacial score (nSPS) is 12.1. The van der Waals surface area contributed by atoms with E-state index in [2.05, 4.69) is 109 Å². The van der Waals surface area contributed by atoms with Crippen LogP contribution < -0.4 is 4.74 Å². The van der Waals surface area contributed by atoms with Crippen LogP contribution >= 0.6 is 0 Å². The van der Waals surface area contributed by atoms with Gasteiger partial charge in [-0.05, 0) is 75.3 Å². The molecule has 3 heteroatoms. The Kier molecular flexibility index (Phi) is 4.50. The Morgan fingerprint density at radius 3 is 2.42 bits per heavy atom. The fraction of sp³-hybridized carbons (Fsp3) is 0.0571. The van der Waals surface area contributed by atoms with Gasteiger partial charge in [-0.25, -0.2) is 4.98 Å². The molecule has 0 N–H and O–H groups in total. The smallest absolute Gasteiger partial charge is 0.135 e. The molecule has 7 aromatic rings. The summed E-state index contributed by atoms with van der Waals surface area (Å²) < 4.78 is 8.59. The van der Waals surface area contributed by atoms with E-state index in [1.807, 2.05) is 18.2 Å². The van der Waals surface area contributed by atoms with Gasteiger partial charge in [0.05, 0.1) is 11.0 Å². The molecule has 0 unspecified atom stereocenters. The second kappa shape index (κ2) is 8.06. The van der Waals surface area contributed by atoms with Crippen molar-refractivity contribution in [3.05, 3.63) is 121 Å². The van der Waals surface area contributed by atoms with Crippen LogP contribution in [0.1, 0.15) is 12.7 Å². The van der Waals surface area contributed by atoms with Gasteiger partial charge in [-0.15, -0.1) is 0 Å². The first-order valence-electron chi connectivity index (χ1n) is 13.1. The van der Waals surface area contributed by atoms with Crippen molar-refractivity contribution in [3.8, 4) is 39.4 Å². The van der Waals surface area contributed by atoms with E-state index in [0.29, 0.717) is 0 Å². The highest BCUT2D eigenvalue weighted by atomic mass is 16.5. The molecule has 38 heavy (non-hydrogen) atoms. The Balaban J connectivity index is 1.27. The van der Waals surface area contributed by atoms with E-state index in [1.54, 1.807) is 0 Å². The first-order chi connectivity index (χ1) is 18.8. The Morgan fingerprint density at radius 1 is 0.658 bits per heavy atom. The van der Waals surface area contributed by atoms with Crippen molar-refractivity contribution in [2.24, 2.45) is 0 Å². The molecule has 0 saturated carbocycles. The van der Waals surface area contributed by atoms with Crippen LogP contribution in [0, 0.1) is 0 Å². The summed E-state index contributed by atoms with van der Waals surface area (Å²) in [6.07, 6.45) is 0.880. The van der Waals surface area contributed by atoms with Gasteiger partial charge in [0, 0.05) is 23.1 Å². The van der Waals surface area contributed by atoms with E-state index >= 15 is 0 Å². The largest absolute Gasteiger partial charge is 0.456 e. The molecular weight excluding hydrogens is 464 g/mol. The summed E-state index contributed by atoms with van der Waals surface area (Å²) in [5, 5.41) is 4.82. The molecule has 0 bridgehead atoms. The molecule has 0 amide bonds. The standard InChI is InChI=1S/C35H24N2O/c1-2-34-36-30-11-4-5-12-31(30)37(34)25-17-16-22-20-24(15-14-23(22)21-25)26-18-19-33-35-28(26)9-7-10-29(35)27-8-3-6-13-32(27)38-33/h3-21H,2H2,1H3. The summed E-state index contributed by atoms with van der Waals surface area (Å²) in [4.78, 5) is 4.86. The summed E-state index contributed by atoms with van der Waals surface area (Å²) in [5.41, 5.74) is 8.12. The van der Waals surface area contributed by atoms with Gasteiger partial charge in [0.15, 0.2) is 0 Å². The van der Waals surface area contributed by atoms with Crippen molar-refractivity contribution in [1.29, 1.82) is 0 Å². The maximum atomic E-state index is 6.30. The van der Waals surface area contributed by atoms with Gasteiger partial charge in [-0.3, -0.25) is 4.57 Å². The zero-order valence-electron chi connectivity index (χ0n) is 21.0. The third kappa shape index (κ3) is 3.05. The number of ether oxygens (including phenoxy) is 1. The molecule has 0 aliphatic carbocycles. The molecule has 0 spiro atoms. The fourth-order valence-corrected chi connectivity index (χ4v) is 5.97. The van der Waals surface area contributed by atoms with Crippen LogP contribution in [0.4, 0.5) is 0 Å². The van der Waals surface area contributed by atoms with Crippen molar-refractivity contribution in [2.45, 2.75) is 13.3 Å². The third-order valence-electron chi connectivity index (χ3n) is 7.74. The zero-order chi connectivity index (χ0) is 25.2. The molecule has 1 aliphatic heterocycles. The molecule has 180 valence electrons. The predicted octanol–water partition coefficient (Wildman–Crippen LogP) is 9.33. The summed E-state index contributed by atoms with van der Waals surface area (Å²) >= 11 is 0. The lowest BCUT2D eigenvalue weighted by Gasteiger charge is -2.22. The summed E-state index contributed by atoms with van der Waals surface area (Å²) in [6.45, 7) is 2.16. The highest BCUT2D eigenvalue weighted by Gasteiger charge is 2.21. The van der Waals surface area contributed by atoms with Gasteiger partial charge in [0.2, 0.25) is 0 Å². The Morgan fingerprint density at radius 2 is 1.47 bits per heavy atom. The maximum absolute atomic E-state index is 6.30. The van der Waals surface area contributed by atoms with Gasteiger partial charge < -0.3 is 4.74 Å². The van der Waals surface area contributed by atoms with E-state index in [9.17, 15) is 0 Å². The number of fused-ring (bicyclic) bond motifs is 4. The molecule has 2 heterocycles. The fourth-order valence-electron chi connectivity index (χ4n) is 5.97. The summed E-state index contributed by atoms with van der Waals surface area (Å²) in [7, 11) is 0. The van der Waals surface area contributed by atoms with Gasteiger partial charge in [0.25, 0.3) is 0 Å². The summed E-state index contributed by atoms with van der Waals surface area (Å²) in [6, 6.07) is 41.0. The van der Waals surface area contributed by atoms with Crippen LogP contribution in [0.2, 0.25) is 0 Å². The average Bonchev–Trinajstić information content (AvgIpc) is 3.36. The first-order valence-corrected chi connectivity index (χ1v) is 13.1. The van der Waals surface area contributed by atoms with Crippen LogP contribution in [-0.4, -0.2) is 9.55 Å². The Labute approximate surface area is 220 Å². The number of imidazole rings is 1. The predicted molar refractivity (Wildman–Crippen MR) is 156 cm³/mol. The second-order valence-electron chi connectivity index (χ2n) is 9.89. The summed E-state index contributed by atoms with van der Waals surface area (Å²) in [5.74, 6) is 2.91. The van der Waals surface area contributed by atoms with Gasteiger partial charge >= 0.3 is 0 Å². The molecule has 0 saturated heterocycles. The third-order valence-corrected chi connectivity index (χ3v) is 7.74. The number of nitrogens with zero attached hydrogens (tertiary/aromatic N) is 2. The number of hydrogen-bond donors (Lipinski definition) is 0. The lowest BCUT2D eigenvalue weighted by molar-refractivity contribution is 0.487. The lowest BCUT2D eigenvalue weighted by atomic mass is 9.90. The minimum Gasteiger partial charge on any atom is -0.456 e. The molecule has 3 nitrogen and oxygen atoms in total. The van der Waals surface area contributed by atoms with E-state index < -0.39 is 0 Å². The molecule has 8 rings (SSSR count). The molecule has 0 atom stereocenters. The van der Waals surface area contributed by atoms with Crippen molar-refractivity contribution < 1.29 is 4.74 Å². The molecule has 1 aromatic heterocycles. The van der Waals surface area contributed by atoms with Gasteiger partial charge in [-0.1, -0.05) is 79.7 Å². The molecule has 1 aliphatic rings. The minimum absolute atomic E-state index is 0.880. The highest BCUT2D eigenvalue weighted by molar-refractivity contribution is 6.10. The van der Waals surface area contributed by atoms with Crippen LogP contribution in [0.5, 0.6) is 11.5 Å². The quantitative estimate of drug-likeness (QED) is 0.248. The van der Waals surface area contributed by atoms with Crippen LogP contribution in [0.15, 0.2) is 115 Å². The number of benzene rings is 6. The van der Waals surface area contributed by atoms with Crippen LogP contribution in [0.3, 0.4) is 0 Å². The number of hydrogen-bond acceptors (Lipinski definition) is 2. The highest BCUT2D eigenvalue weighted by Crippen LogP contribution is 2.48. The van der Waals surface area contributed by atoms with E-state index in [-0.39, 0.29) is 0 Å². The zero-order valence-corrected chi connectivity index (χ0v) is 21.0. The molecule has 6 aromatic carbocycles. The first kappa shape index (κ1) is 21.2. The van der Waals surface area contributed by atoms with E-state index in [4.69, 9.17) is 9.72 Å². The van der Waals surface area contributed by atoms with Crippen molar-refractivity contribution >= 4 is 32.6 Å². The number of para-hydroxylation sites is 3. The van der Waals surface area contributed by atoms with E-state index in [1.165, 1.54) is 38.2 Å². The second-order valence-corrected chi connectivity index (χ2v) is 9.89. The van der Waals surface area contributed by atoms with Crippen LogP contribution in [-0.2, 0) is 6.42 Å². The number of aryl methyl sites for hydroxylation is 1. The number of aromatic nitrogens is 2.